The number of hydrogen-bond donors (Lipinski definition) is 2. The van der Waals surface area contributed by atoms with Crippen LogP contribution in [0.3, 0.4) is 0 Å². The lowest BCUT2D eigenvalue weighted by molar-refractivity contribution is -0.125. The molecule has 0 aromatic heterocycles. The third-order valence-electron chi connectivity index (χ3n) is 3.51. The third kappa shape index (κ3) is 5.43. The summed E-state index contributed by atoms with van der Waals surface area (Å²) >= 11 is 0. The van der Waals surface area contributed by atoms with Crippen LogP contribution < -0.4 is 11.1 Å². The molecule has 0 aliphatic carbocycles. The second kappa shape index (κ2) is 6.71. The van der Waals surface area contributed by atoms with Crippen LogP contribution in [0.1, 0.15) is 38.3 Å². The Labute approximate surface area is 116 Å². The lowest BCUT2D eigenvalue weighted by atomic mass is 9.92. The predicted octanol–water partition coefficient (Wildman–Crippen LogP) is 2.42. The quantitative estimate of drug-likeness (QED) is 0.793. The number of benzene rings is 1. The Hall–Kier alpha value is -1.35. The van der Waals surface area contributed by atoms with Gasteiger partial charge in [0.05, 0.1) is 5.41 Å². The van der Waals surface area contributed by atoms with Crippen LogP contribution in [0.15, 0.2) is 24.3 Å². The average Bonchev–Trinajstić information content (AvgIpc) is 2.34. The van der Waals surface area contributed by atoms with E-state index >= 15 is 0 Å². The molecule has 106 valence electrons. The van der Waals surface area contributed by atoms with Gasteiger partial charge in [0.15, 0.2) is 0 Å². The van der Waals surface area contributed by atoms with E-state index in [9.17, 15) is 4.79 Å². The molecule has 1 unspecified atom stereocenters. The molecule has 1 amide bonds. The number of nitrogens with two attached hydrogens (primary N) is 1. The normalized spacial score (nSPS) is 13.3. The van der Waals surface area contributed by atoms with E-state index in [-0.39, 0.29) is 5.91 Å². The van der Waals surface area contributed by atoms with Crippen molar-refractivity contribution in [1.29, 1.82) is 0 Å². The zero-order valence-electron chi connectivity index (χ0n) is 12.5. The van der Waals surface area contributed by atoms with Crippen molar-refractivity contribution in [3.8, 4) is 0 Å². The highest BCUT2D eigenvalue weighted by molar-refractivity contribution is 5.80. The summed E-state index contributed by atoms with van der Waals surface area (Å²) in [5.74, 6) is -0.258. The summed E-state index contributed by atoms with van der Waals surface area (Å²) in [4.78, 5) is 11.2. The Morgan fingerprint density at radius 2 is 2.11 bits per heavy atom. The summed E-state index contributed by atoms with van der Waals surface area (Å²) in [7, 11) is 0. The molecule has 1 atom stereocenters. The van der Waals surface area contributed by atoms with Crippen molar-refractivity contribution in [2.45, 2.75) is 46.6 Å². The maximum Gasteiger partial charge on any atom is 0.224 e. The molecule has 0 bridgehead atoms. The van der Waals surface area contributed by atoms with E-state index in [1.807, 2.05) is 13.8 Å². The minimum Gasteiger partial charge on any atom is -0.369 e. The van der Waals surface area contributed by atoms with Gasteiger partial charge in [-0.2, -0.15) is 0 Å². The van der Waals surface area contributed by atoms with E-state index in [2.05, 4.69) is 43.4 Å². The molecule has 3 nitrogen and oxygen atoms in total. The molecule has 0 radical (unpaired) electrons. The first kappa shape index (κ1) is 15.7. The Morgan fingerprint density at radius 1 is 1.42 bits per heavy atom. The Morgan fingerprint density at radius 3 is 2.68 bits per heavy atom. The van der Waals surface area contributed by atoms with Crippen molar-refractivity contribution in [3.63, 3.8) is 0 Å². The van der Waals surface area contributed by atoms with E-state index in [0.717, 1.165) is 12.8 Å². The molecule has 3 N–H and O–H groups in total. The van der Waals surface area contributed by atoms with Crippen LogP contribution in [0.2, 0.25) is 0 Å². The molecule has 1 rings (SSSR count). The zero-order valence-corrected chi connectivity index (χ0v) is 12.5. The summed E-state index contributed by atoms with van der Waals surface area (Å²) in [6.45, 7) is 8.62. The summed E-state index contributed by atoms with van der Waals surface area (Å²) in [5.41, 5.74) is 7.53. The van der Waals surface area contributed by atoms with Crippen LogP contribution in [-0.4, -0.2) is 18.5 Å². The first-order valence-corrected chi connectivity index (χ1v) is 6.90. The van der Waals surface area contributed by atoms with E-state index in [0.29, 0.717) is 12.6 Å². The molecule has 19 heavy (non-hydrogen) atoms. The van der Waals surface area contributed by atoms with Gasteiger partial charge in [-0.05, 0) is 46.1 Å². The van der Waals surface area contributed by atoms with Crippen molar-refractivity contribution in [2.24, 2.45) is 11.1 Å². The highest BCUT2D eigenvalue weighted by Crippen LogP contribution is 2.13. The van der Waals surface area contributed by atoms with E-state index in [1.54, 1.807) is 0 Å². The number of carbonyl (C=O) groups is 1. The van der Waals surface area contributed by atoms with Crippen molar-refractivity contribution in [2.75, 3.05) is 6.54 Å². The largest absolute Gasteiger partial charge is 0.369 e. The third-order valence-corrected chi connectivity index (χ3v) is 3.51. The number of carbonyl (C=O) groups excluding carboxylic acids is 1. The van der Waals surface area contributed by atoms with Crippen molar-refractivity contribution >= 4 is 5.91 Å². The Kier molecular flexibility index (Phi) is 5.55. The molecule has 3 heteroatoms. The Balaban J connectivity index is 2.36. The minimum absolute atomic E-state index is 0.258. The van der Waals surface area contributed by atoms with Gasteiger partial charge in [0, 0.05) is 12.6 Å². The van der Waals surface area contributed by atoms with Crippen molar-refractivity contribution in [3.05, 3.63) is 35.4 Å². The number of amides is 1. The van der Waals surface area contributed by atoms with Gasteiger partial charge in [-0.3, -0.25) is 4.79 Å². The fourth-order valence-electron chi connectivity index (χ4n) is 1.87. The van der Waals surface area contributed by atoms with E-state index in [4.69, 9.17) is 5.73 Å². The van der Waals surface area contributed by atoms with Crippen molar-refractivity contribution < 1.29 is 4.79 Å². The number of hydrogen-bond acceptors (Lipinski definition) is 2. The van der Waals surface area contributed by atoms with E-state index in [1.165, 1.54) is 11.1 Å². The fraction of sp³-hybridized carbons (Fsp3) is 0.562. The fourth-order valence-corrected chi connectivity index (χ4v) is 1.87. The standard InChI is InChI=1S/C16H26N2O/c1-12-6-5-7-14(10-12)9-8-13(2)18-11-16(3,4)15(17)19/h5-7,10,13,18H,8-9,11H2,1-4H3,(H2,17,19). The number of rotatable bonds is 7. The van der Waals surface area contributed by atoms with Gasteiger partial charge in [0.2, 0.25) is 5.91 Å². The second-order valence-corrected chi connectivity index (χ2v) is 6.06. The predicted molar refractivity (Wildman–Crippen MR) is 79.9 cm³/mol. The summed E-state index contributed by atoms with van der Waals surface area (Å²) in [6.07, 6.45) is 2.10. The van der Waals surface area contributed by atoms with Crippen LogP contribution in [0.4, 0.5) is 0 Å². The van der Waals surface area contributed by atoms with Gasteiger partial charge in [-0.15, -0.1) is 0 Å². The minimum atomic E-state index is -0.488. The number of aryl methyl sites for hydroxylation is 2. The molecule has 0 heterocycles. The van der Waals surface area contributed by atoms with Gasteiger partial charge in [0.1, 0.15) is 0 Å². The van der Waals surface area contributed by atoms with Gasteiger partial charge in [0.25, 0.3) is 0 Å². The number of nitrogens with one attached hydrogen (secondary N) is 1. The summed E-state index contributed by atoms with van der Waals surface area (Å²) < 4.78 is 0. The number of primary amides is 1. The van der Waals surface area contributed by atoms with Gasteiger partial charge in [-0.1, -0.05) is 29.8 Å². The monoisotopic (exact) mass is 262 g/mol. The molecule has 0 spiro atoms. The highest BCUT2D eigenvalue weighted by Gasteiger charge is 2.24. The highest BCUT2D eigenvalue weighted by atomic mass is 16.1. The summed E-state index contributed by atoms with van der Waals surface area (Å²) in [6, 6.07) is 8.96. The second-order valence-electron chi connectivity index (χ2n) is 6.06. The van der Waals surface area contributed by atoms with Crippen LogP contribution in [-0.2, 0) is 11.2 Å². The first-order chi connectivity index (χ1) is 8.81. The Bertz CT molecular complexity index is 427. The average molecular weight is 262 g/mol. The summed E-state index contributed by atoms with van der Waals surface area (Å²) in [5, 5.41) is 3.39. The van der Waals surface area contributed by atoms with Crippen LogP contribution in [0, 0.1) is 12.3 Å². The molecule has 0 saturated heterocycles. The molecular weight excluding hydrogens is 236 g/mol. The zero-order chi connectivity index (χ0) is 14.5. The van der Waals surface area contributed by atoms with E-state index < -0.39 is 5.41 Å². The maximum atomic E-state index is 11.2. The molecule has 0 fully saturated rings. The molecule has 0 aliphatic heterocycles. The van der Waals surface area contributed by atoms with Crippen molar-refractivity contribution in [1.82, 2.24) is 5.32 Å². The lowest BCUT2D eigenvalue weighted by Gasteiger charge is -2.24. The van der Waals surface area contributed by atoms with Crippen LogP contribution >= 0.6 is 0 Å². The SMILES string of the molecule is Cc1cccc(CCC(C)NCC(C)(C)C(N)=O)c1. The lowest BCUT2D eigenvalue weighted by Crippen LogP contribution is -2.43. The van der Waals surface area contributed by atoms with Gasteiger partial charge in [-0.25, -0.2) is 0 Å². The molecule has 0 aliphatic rings. The maximum absolute atomic E-state index is 11.2. The molecular formula is C16H26N2O. The smallest absolute Gasteiger partial charge is 0.224 e. The molecule has 1 aromatic rings. The molecule has 0 saturated carbocycles. The van der Waals surface area contributed by atoms with Crippen LogP contribution in [0.25, 0.3) is 0 Å². The topological polar surface area (TPSA) is 55.1 Å². The van der Waals surface area contributed by atoms with Crippen LogP contribution in [0.5, 0.6) is 0 Å². The molecule has 1 aromatic carbocycles. The van der Waals surface area contributed by atoms with Gasteiger partial charge >= 0.3 is 0 Å². The first-order valence-electron chi connectivity index (χ1n) is 6.90. The van der Waals surface area contributed by atoms with Gasteiger partial charge < -0.3 is 11.1 Å².